The number of rotatable bonds is 4. The minimum atomic E-state index is -0.513. The first-order chi connectivity index (χ1) is 13.6. The number of hydrogen-bond acceptors (Lipinski definition) is 6. The number of carbonyl (C=O) groups is 2. The Hall–Kier alpha value is -3.93. The minimum Gasteiger partial charge on any atom is -0.497 e. The van der Waals surface area contributed by atoms with Crippen LogP contribution in [-0.2, 0) is 0 Å². The zero-order valence-electron chi connectivity index (χ0n) is 14.9. The number of carbonyl (C=O) groups excluding carboxylic acids is 2. The molecular formula is C22H15NO5. The molecule has 2 heterocycles. The molecular weight excluding hydrogens is 358 g/mol. The van der Waals surface area contributed by atoms with Crippen LogP contribution in [0.15, 0.2) is 72.8 Å². The standard InChI is InChI=1S/C22H15NO5/c1-26-16-4-2-14(3-5-16)12-20-21(24)18-7-6-17(13-19(18)28-20)27-22(25)15-8-10-23-11-9-15/h2-13H,1H3/b20-12-. The lowest BCUT2D eigenvalue weighted by Gasteiger charge is -2.05. The predicted molar refractivity (Wildman–Crippen MR) is 102 cm³/mol. The van der Waals surface area contributed by atoms with E-state index in [1.54, 1.807) is 49.6 Å². The molecule has 0 bridgehead atoms. The van der Waals surface area contributed by atoms with Crippen LogP contribution in [0.5, 0.6) is 17.2 Å². The molecule has 0 unspecified atom stereocenters. The van der Waals surface area contributed by atoms with Crippen molar-refractivity contribution in [3.8, 4) is 17.2 Å². The first-order valence-corrected chi connectivity index (χ1v) is 8.48. The van der Waals surface area contributed by atoms with Gasteiger partial charge in [0.25, 0.3) is 0 Å². The van der Waals surface area contributed by atoms with Gasteiger partial charge in [-0.25, -0.2) is 4.79 Å². The number of esters is 1. The van der Waals surface area contributed by atoms with Crippen molar-refractivity contribution in [2.45, 2.75) is 0 Å². The fourth-order valence-corrected chi connectivity index (χ4v) is 2.74. The van der Waals surface area contributed by atoms with E-state index in [1.165, 1.54) is 18.5 Å². The Morgan fingerprint density at radius 1 is 1.00 bits per heavy atom. The number of aromatic nitrogens is 1. The van der Waals surface area contributed by atoms with Crippen molar-refractivity contribution < 1.29 is 23.8 Å². The molecule has 138 valence electrons. The maximum atomic E-state index is 12.5. The van der Waals surface area contributed by atoms with Gasteiger partial charge in [0, 0.05) is 18.5 Å². The maximum Gasteiger partial charge on any atom is 0.343 e. The highest BCUT2D eigenvalue weighted by molar-refractivity contribution is 6.14. The average Bonchev–Trinajstić information content (AvgIpc) is 3.04. The van der Waals surface area contributed by atoms with Crippen molar-refractivity contribution in [2.24, 2.45) is 0 Å². The molecule has 6 nitrogen and oxygen atoms in total. The molecule has 0 amide bonds. The van der Waals surface area contributed by atoms with Crippen LogP contribution in [0.1, 0.15) is 26.3 Å². The Morgan fingerprint density at radius 3 is 2.43 bits per heavy atom. The van der Waals surface area contributed by atoms with Gasteiger partial charge < -0.3 is 14.2 Å². The van der Waals surface area contributed by atoms with E-state index in [-0.39, 0.29) is 11.5 Å². The molecule has 4 rings (SSSR count). The SMILES string of the molecule is COc1ccc(/C=C2\Oc3cc(OC(=O)c4ccncc4)ccc3C2=O)cc1. The van der Waals surface area contributed by atoms with Crippen LogP contribution >= 0.6 is 0 Å². The number of ketones is 1. The van der Waals surface area contributed by atoms with Gasteiger partial charge in [-0.1, -0.05) is 12.1 Å². The Bertz CT molecular complexity index is 1070. The molecule has 0 N–H and O–H groups in total. The van der Waals surface area contributed by atoms with E-state index in [0.717, 1.165) is 11.3 Å². The molecule has 3 aromatic rings. The molecule has 1 aliphatic heterocycles. The van der Waals surface area contributed by atoms with Crippen molar-refractivity contribution in [3.63, 3.8) is 0 Å². The lowest BCUT2D eigenvalue weighted by molar-refractivity contribution is 0.0734. The van der Waals surface area contributed by atoms with Gasteiger partial charge in [0.05, 0.1) is 18.2 Å². The third-order valence-corrected chi connectivity index (χ3v) is 4.18. The molecule has 0 saturated carbocycles. The third kappa shape index (κ3) is 3.48. The molecule has 28 heavy (non-hydrogen) atoms. The first-order valence-electron chi connectivity index (χ1n) is 8.48. The zero-order valence-corrected chi connectivity index (χ0v) is 14.9. The summed E-state index contributed by atoms with van der Waals surface area (Å²) < 4.78 is 16.2. The summed E-state index contributed by atoms with van der Waals surface area (Å²) >= 11 is 0. The van der Waals surface area contributed by atoms with Crippen LogP contribution in [0.2, 0.25) is 0 Å². The van der Waals surface area contributed by atoms with Crippen LogP contribution in [0.25, 0.3) is 6.08 Å². The van der Waals surface area contributed by atoms with Crippen molar-refractivity contribution in [3.05, 3.63) is 89.4 Å². The summed E-state index contributed by atoms with van der Waals surface area (Å²) in [6, 6.07) is 15.1. The number of benzene rings is 2. The minimum absolute atomic E-state index is 0.206. The van der Waals surface area contributed by atoms with E-state index in [1.807, 2.05) is 12.1 Å². The number of nitrogens with zero attached hydrogens (tertiary/aromatic N) is 1. The van der Waals surface area contributed by atoms with Crippen molar-refractivity contribution in [2.75, 3.05) is 7.11 Å². The monoisotopic (exact) mass is 373 g/mol. The Kier molecular flexibility index (Phi) is 4.60. The van der Waals surface area contributed by atoms with E-state index >= 15 is 0 Å². The Balaban J connectivity index is 1.54. The number of allylic oxidation sites excluding steroid dienone is 1. The molecule has 0 spiro atoms. The molecule has 0 fully saturated rings. The van der Waals surface area contributed by atoms with Crippen molar-refractivity contribution in [1.82, 2.24) is 4.98 Å². The predicted octanol–water partition coefficient (Wildman–Crippen LogP) is 3.93. The number of hydrogen-bond donors (Lipinski definition) is 0. The van der Waals surface area contributed by atoms with Gasteiger partial charge in [0.2, 0.25) is 5.78 Å². The second kappa shape index (κ2) is 7.36. The van der Waals surface area contributed by atoms with Crippen LogP contribution in [0.4, 0.5) is 0 Å². The highest BCUT2D eigenvalue weighted by Gasteiger charge is 2.28. The Labute approximate surface area is 161 Å². The molecule has 0 aliphatic carbocycles. The summed E-state index contributed by atoms with van der Waals surface area (Å²) in [7, 11) is 1.59. The van der Waals surface area contributed by atoms with Crippen LogP contribution < -0.4 is 14.2 Å². The van der Waals surface area contributed by atoms with Crippen molar-refractivity contribution in [1.29, 1.82) is 0 Å². The molecule has 0 saturated heterocycles. The maximum absolute atomic E-state index is 12.5. The number of fused-ring (bicyclic) bond motifs is 1. The van der Waals surface area contributed by atoms with E-state index in [2.05, 4.69) is 4.98 Å². The lowest BCUT2D eigenvalue weighted by atomic mass is 10.1. The largest absolute Gasteiger partial charge is 0.497 e. The van der Waals surface area contributed by atoms with Crippen LogP contribution in [-0.4, -0.2) is 23.8 Å². The summed E-state index contributed by atoms with van der Waals surface area (Å²) in [5.74, 6) is 0.838. The summed E-state index contributed by atoms with van der Waals surface area (Å²) in [5.41, 5.74) is 1.61. The van der Waals surface area contributed by atoms with Gasteiger partial charge in [0.15, 0.2) is 5.76 Å². The molecule has 1 aliphatic rings. The number of ether oxygens (including phenoxy) is 3. The summed E-state index contributed by atoms with van der Waals surface area (Å²) in [6.07, 6.45) is 4.68. The summed E-state index contributed by atoms with van der Waals surface area (Å²) in [6.45, 7) is 0. The molecule has 1 aromatic heterocycles. The smallest absolute Gasteiger partial charge is 0.343 e. The molecule has 6 heteroatoms. The topological polar surface area (TPSA) is 74.7 Å². The van der Waals surface area contributed by atoms with Gasteiger partial charge in [-0.2, -0.15) is 0 Å². The zero-order chi connectivity index (χ0) is 19.5. The van der Waals surface area contributed by atoms with Gasteiger partial charge >= 0.3 is 5.97 Å². The first kappa shape index (κ1) is 17.5. The van der Waals surface area contributed by atoms with E-state index in [9.17, 15) is 9.59 Å². The average molecular weight is 373 g/mol. The second-order valence-corrected chi connectivity index (χ2v) is 6.00. The van der Waals surface area contributed by atoms with Crippen molar-refractivity contribution >= 4 is 17.8 Å². The highest BCUT2D eigenvalue weighted by atomic mass is 16.5. The van der Waals surface area contributed by atoms with Crippen LogP contribution in [0, 0.1) is 0 Å². The van der Waals surface area contributed by atoms with Crippen LogP contribution in [0.3, 0.4) is 0 Å². The highest BCUT2D eigenvalue weighted by Crippen LogP contribution is 2.35. The van der Waals surface area contributed by atoms with E-state index in [0.29, 0.717) is 22.6 Å². The van der Waals surface area contributed by atoms with Gasteiger partial charge in [-0.15, -0.1) is 0 Å². The van der Waals surface area contributed by atoms with E-state index < -0.39 is 5.97 Å². The number of pyridine rings is 1. The second-order valence-electron chi connectivity index (χ2n) is 6.00. The van der Waals surface area contributed by atoms with Gasteiger partial charge in [0.1, 0.15) is 17.2 Å². The molecule has 0 atom stereocenters. The number of methoxy groups -OCH3 is 1. The molecule has 2 aromatic carbocycles. The lowest BCUT2D eigenvalue weighted by Crippen LogP contribution is -2.08. The fourth-order valence-electron chi connectivity index (χ4n) is 2.74. The fraction of sp³-hybridized carbons (Fsp3) is 0.0455. The Morgan fingerprint density at radius 2 is 1.71 bits per heavy atom. The van der Waals surface area contributed by atoms with Gasteiger partial charge in [-0.05, 0) is 48.0 Å². The van der Waals surface area contributed by atoms with Gasteiger partial charge in [-0.3, -0.25) is 9.78 Å². The summed E-state index contributed by atoms with van der Waals surface area (Å²) in [4.78, 5) is 28.6. The molecule has 0 radical (unpaired) electrons. The third-order valence-electron chi connectivity index (χ3n) is 4.18. The van der Waals surface area contributed by atoms with E-state index in [4.69, 9.17) is 14.2 Å². The summed E-state index contributed by atoms with van der Waals surface area (Å²) in [5, 5.41) is 0. The quantitative estimate of drug-likeness (QED) is 0.392. The number of Topliss-reactive ketones (excluding diaryl/α,β-unsaturated/α-hetero) is 1. The normalized spacial score (nSPS) is 13.8.